The van der Waals surface area contributed by atoms with Crippen molar-refractivity contribution in [2.45, 2.75) is 6.42 Å². The first-order valence-electron chi connectivity index (χ1n) is 5.05. The molecule has 0 saturated carbocycles. The second kappa shape index (κ2) is 6.30. The van der Waals surface area contributed by atoms with Gasteiger partial charge in [-0.15, -0.1) is 0 Å². The van der Waals surface area contributed by atoms with Crippen molar-refractivity contribution in [2.24, 2.45) is 0 Å². The number of carboxylic acid groups (broad SMARTS) is 1. The van der Waals surface area contributed by atoms with Crippen molar-refractivity contribution in [1.82, 2.24) is 0 Å². The number of ether oxygens (including phenoxy) is 2. The molecule has 0 unspecified atom stereocenters. The van der Waals surface area contributed by atoms with Crippen molar-refractivity contribution in [3.05, 3.63) is 23.3 Å². The molecule has 0 aliphatic heterocycles. The van der Waals surface area contributed by atoms with Gasteiger partial charge >= 0.3 is 5.97 Å². The van der Waals surface area contributed by atoms with Gasteiger partial charge in [0.25, 0.3) is 0 Å². The van der Waals surface area contributed by atoms with Crippen LogP contribution in [0.1, 0.15) is 22.3 Å². The molecule has 5 nitrogen and oxygen atoms in total. The number of carboxylic acids is 1. The van der Waals surface area contributed by atoms with E-state index in [0.717, 1.165) is 0 Å². The second-order valence-electron chi connectivity index (χ2n) is 3.23. The molecule has 1 aromatic rings. The van der Waals surface area contributed by atoms with E-state index in [0.29, 0.717) is 23.3 Å². The molecule has 0 fully saturated rings. The molecule has 0 aliphatic carbocycles. The van der Waals surface area contributed by atoms with E-state index >= 15 is 0 Å². The molecule has 0 saturated heterocycles. The lowest BCUT2D eigenvalue weighted by Gasteiger charge is -2.09. The van der Waals surface area contributed by atoms with Crippen molar-refractivity contribution in [2.75, 3.05) is 14.2 Å². The lowest BCUT2D eigenvalue weighted by Crippen LogP contribution is -2.01. The summed E-state index contributed by atoms with van der Waals surface area (Å²) in [7, 11) is 2.82. The van der Waals surface area contributed by atoms with Crippen LogP contribution in [0.3, 0.4) is 0 Å². The number of methoxy groups -OCH3 is 2. The van der Waals surface area contributed by atoms with Gasteiger partial charge in [0.1, 0.15) is 23.3 Å². The van der Waals surface area contributed by atoms with Gasteiger partial charge in [-0.25, -0.2) is 4.79 Å². The molecule has 0 spiro atoms. The van der Waals surface area contributed by atoms with Crippen LogP contribution in [0.2, 0.25) is 0 Å². The number of rotatable bonds is 4. The van der Waals surface area contributed by atoms with Gasteiger partial charge in [-0.1, -0.05) is 11.8 Å². The third-order valence-electron chi connectivity index (χ3n) is 2.15. The van der Waals surface area contributed by atoms with Crippen LogP contribution < -0.4 is 9.47 Å². The first kappa shape index (κ1) is 13.6. The highest BCUT2D eigenvalue weighted by Crippen LogP contribution is 2.29. The molecule has 0 bridgehead atoms. The van der Waals surface area contributed by atoms with Crippen molar-refractivity contribution in [3.63, 3.8) is 0 Å². The quantitative estimate of drug-likeness (QED) is 0.643. The van der Waals surface area contributed by atoms with Gasteiger partial charge in [0.15, 0.2) is 0 Å². The van der Waals surface area contributed by atoms with Gasteiger partial charge in [-0.05, 0) is 12.1 Å². The van der Waals surface area contributed by atoms with E-state index in [2.05, 4.69) is 11.8 Å². The number of benzene rings is 1. The Kier molecular flexibility index (Phi) is 4.76. The molecule has 0 aliphatic rings. The number of hydrogen-bond acceptors (Lipinski definition) is 4. The average Bonchev–Trinajstić information content (AvgIpc) is 2.38. The molecule has 0 aromatic heterocycles. The fourth-order valence-corrected chi connectivity index (χ4v) is 1.34. The van der Waals surface area contributed by atoms with Crippen LogP contribution in [0.4, 0.5) is 0 Å². The number of hydrogen-bond donors (Lipinski definition) is 1. The number of aromatic carboxylic acids is 1. The highest BCUT2D eigenvalue weighted by molar-refractivity contribution is 5.89. The van der Waals surface area contributed by atoms with Gasteiger partial charge in [0.2, 0.25) is 0 Å². The van der Waals surface area contributed by atoms with E-state index in [-0.39, 0.29) is 12.0 Å². The summed E-state index contributed by atoms with van der Waals surface area (Å²) >= 11 is 0. The molecule has 0 amide bonds. The summed E-state index contributed by atoms with van der Waals surface area (Å²) in [6.07, 6.45) is 0.768. The van der Waals surface area contributed by atoms with Crippen LogP contribution in [0, 0.1) is 11.8 Å². The zero-order valence-electron chi connectivity index (χ0n) is 10.0. The van der Waals surface area contributed by atoms with Crippen LogP contribution in [0.15, 0.2) is 12.1 Å². The molecule has 94 valence electrons. The Morgan fingerprint density at radius 2 is 1.89 bits per heavy atom. The highest BCUT2D eigenvalue weighted by atomic mass is 16.5. The molecule has 5 heteroatoms. The fraction of sp³-hybridized carbons (Fsp3) is 0.231. The zero-order chi connectivity index (χ0) is 13.5. The van der Waals surface area contributed by atoms with Crippen molar-refractivity contribution < 1.29 is 24.2 Å². The molecule has 1 rings (SSSR count). The lowest BCUT2D eigenvalue weighted by atomic mass is 10.1. The maximum atomic E-state index is 10.9. The van der Waals surface area contributed by atoms with E-state index in [1.54, 1.807) is 0 Å². The standard InChI is InChI=1S/C13H12O5/c1-17-11-7-9(13(15)16)8-12(18-2)10(11)5-3-4-6-14/h6-8H,4H2,1-2H3,(H,15,16). The number of carbonyl (C=O) groups is 2. The van der Waals surface area contributed by atoms with E-state index in [1.807, 2.05) is 0 Å². The summed E-state index contributed by atoms with van der Waals surface area (Å²) in [5.41, 5.74) is 0.469. The monoisotopic (exact) mass is 248 g/mol. The van der Waals surface area contributed by atoms with Gasteiger partial charge in [0, 0.05) is 0 Å². The number of aldehydes is 1. The summed E-state index contributed by atoms with van der Waals surface area (Å²) in [6.45, 7) is 0. The number of carbonyl (C=O) groups excluding carboxylic acids is 1. The van der Waals surface area contributed by atoms with Crippen molar-refractivity contribution >= 4 is 12.3 Å². The lowest BCUT2D eigenvalue weighted by molar-refractivity contribution is -0.107. The molecule has 1 aromatic carbocycles. The minimum absolute atomic E-state index is 0.0460. The molecule has 0 heterocycles. The SMILES string of the molecule is COc1cc(C(=O)O)cc(OC)c1C#CCC=O. The second-order valence-corrected chi connectivity index (χ2v) is 3.23. The van der Waals surface area contributed by atoms with Gasteiger partial charge in [-0.2, -0.15) is 0 Å². The molecule has 0 radical (unpaired) electrons. The maximum absolute atomic E-state index is 10.9. The fourth-order valence-electron chi connectivity index (χ4n) is 1.34. The molecule has 18 heavy (non-hydrogen) atoms. The van der Waals surface area contributed by atoms with Crippen LogP contribution in [0.5, 0.6) is 11.5 Å². The summed E-state index contributed by atoms with van der Waals surface area (Å²) < 4.78 is 10.2. The Labute approximate surface area is 104 Å². The first-order valence-corrected chi connectivity index (χ1v) is 5.05. The Bertz CT molecular complexity index is 497. The summed E-state index contributed by atoms with van der Waals surface area (Å²) in [4.78, 5) is 21.1. The largest absolute Gasteiger partial charge is 0.495 e. The van der Waals surface area contributed by atoms with E-state index in [9.17, 15) is 9.59 Å². The van der Waals surface area contributed by atoms with Gasteiger partial charge in [-0.3, -0.25) is 0 Å². The normalized spacial score (nSPS) is 9.00. The molecular weight excluding hydrogens is 236 g/mol. The Balaban J connectivity index is 3.35. The average molecular weight is 248 g/mol. The predicted molar refractivity (Wildman–Crippen MR) is 64.1 cm³/mol. The molecular formula is C13H12O5. The van der Waals surface area contributed by atoms with E-state index in [1.165, 1.54) is 26.4 Å². The Hall–Kier alpha value is -2.48. The smallest absolute Gasteiger partial charge is 0.335 e. The highest BCUT2D eigenvalue weighted by Gasteiger charge is 2.14. The van der Waals surface area contributed by atoms with Gasteiger partial charge in [0.05, 0.1) is 26.2 Å². The van der Waals surface area contributed by atoms with Crippen LogP contribution in [-0.2, 0) is 4.79 Å². The zero-order valence-corrected chi connectivity index (χ0v) is 10.0. The maximum Gasteiger partial charge on any atom is 0.335 e. The van der Waals surface area contributed by atoms with Crippen molar-refractivity contribution in [1.29, 1.82) is 0 Å². The third kappa shape index (κ3) is 3.01. The van der Waals surface area contributed by atoms with E-state index < -0.39 is 5.97 Å². The Morgan fingerprint density at radius 1 is 1.33 bits per heavy atom. The summed E-state index contributed by atoms with van der Waals surface area (Å²) in [5, 5.41) is 8.94. The minimum atomic E-state index is -1.08. The van der Waals surface area contributed by atoms with Crippen molar-refractivity contribution in [3.8, 4) is 23.3 Å². The van der Waals surface area contributed by atoms with Crippen LogP contribution >= 0.6 is 0 Å². The van der Waals surface area contributed by atoms with E-state index in [4.69, 9.17) is 14.6 Å². The van der Waals surface area contributed by atoms with Gasteiger partial charge < -0.3 is 19.4 Å². The summed E-state index contributed by atoms with van der Waals surface area (Å²) in [5.74, 6) is 4.86. The predicted octanol–water partition coefficient (Wildman–Crippen LogP) is 1.34. The Morgan fingerprint density at radius 3 is 2.28 bits per heavy atom. The molecule has 0 atom stereocenters. The minimum Gasteiger partial charge on any atom is -0.495 e. The third-order valence-corrected chi connectivity index (χ3v) is 2.15. The first-order chi connectivity index (χ1) is 8.63. The molecule has 1 N–H and O–H groups in total. The summed E-state index contributed by atoms with van der Waals surface area (Å²) in [6, 6.07) is 2.71. The van der Waals surface area contributed by atoms with Crippen LogP contribution in [-0.4, -0.2) is 31.6 Å². The van der Waals surface area contributed by atoms with Crippen LogP contribution in [0.25, 0.3) is 0 Å². The topological polar surface area (TPSA) is 72.8 Å².